The predicted molar refractivity (Wildman–Crippen MR) is 85.6 cm³/mol. The minimum Gasteiger partial charge on any atom is -0.381 e. The van der Waals surface area contributed by atoms with E-state index in [2.05, 4.69) is 31.1 Å². The second kappa shape index (κ2) is 7.04. The highest BCUT2D eigenvalue weighted by molar-refractivity contribution is 5.38. The predicted octanol–water partition coefficient (Wildman–Crippen LogP) is 2.17. The van der Waals surface area contributed by atoms with Crippen LogP contribution in [-0.2, 0) is 11.2 Å². The number of likely N-dealkylation sites (N-methyl/N-ethyl adjacent to an activating group) is 1. The van der Waals surface area contributed by atoms with Crippen LogP contribution in [0.4, 0.5) is 5.82 Å². The van der Waals surface area contributed by atoms with Gasteiger partial charge >= 0.3 is 0 Å². The van der Waals surface area contributed by atoms with Gasteiger partial charge in [0.25, 0.3) is 0 Å². The lowest BCUT2D eigenvalue weighted by molar-refractivity contribution is 0.193. The molecule has 0 unspecified atom stereocenters. The lowest BCUT2D eigenvalue weighted by Crippen LogP contribution is -2.22. The van der Waals surface area contributed by atoms with Crippen molar-refractivity contribution in [3.63, 3.8) is 0 Å². The van der Waals surface area contributed by atoms with Crippen molar-refractivity contribution >= 4 is 5.82 Å². The zero-order valence-corrected chi connectivity index (χ0v) is 13.9. The minimum absolute atomic E-state index is 0.257. The molecule has 0 radical (unpaired) electrons. The van der Waals surface area contributed by atoms with Crippen LogP contribution in [0, 0.1) is 0 Å². The van der Waals surface area contributed by atoms with E-state index in [9.17, 15) is 0 Å². The van der Waals surface area contributed by atoms with Gasteiger partial charge in [-0.1, -0.05) is 19.0 Å². The number of aromatic nitrogens is 4. The average molecular weight is 317 g/mol. The second-order valence-corrected chi connectivity index (χ2v) is 6.24. The Kier molecular flexibility index (Phi) is 4.85. The molecular formula is C16H23N5O2. The van der Waals surface area contributed by atoms with Gasteiger partial charge in [-0.15, -0.1) is 0 Å². The molecule has 1 atom stereocenters. The van der Waals surface area contributed by atoms with Crippen LogP contribution in [0.25, 0.3) is 0 Å². The zero-order valence-electron chi connectivity index (χ0n) is 13.9. The van der Waals surface area contributed by atoms with Gasteiger partial charge in [-0.3, -0.25) is 0 Å². The summed E-state index contributed by atoms with van der Waals surface area (Å²) in [5.41, 5.74) is 1.06. The Labute approximate surface area is 136 Å². The van der Waals surface area contributed by atoms with Crippen LogP contribution in [0.3, 0.4) is 0 Å². The van der Waals surface area contributed by atoms with Crippen LogP contribution in [0.15, 0.2) is 16.9 Å². The van der Waals surface area contributed by atoms with Gasteiger partial charge in [0.2, 0.25) is 5.89 Å². The summed E-state index contributed by atoms with van der Waals surface area (Å²) >= 11 is 0. The molecule has 0 spiro atoms. The highest BCUT2D eigenvalue weighted by Crippen LogP contribution is 2.25. The summed E-state index contributed by atoms with van der Waals surface area (Å²) in [6, 6.07) is 2.05. The van der Waals surface area contributed by atoms with Crippen molar-refractivity contribution in [3.8, 4) is 0 Å². The first-order chi connectivity index (χ1) is 11.1. The Balaban J connectivity index is 1.61. The van der Waals surface area contributed by atoms with E-state index in [1.807, 2.05) is 20.9 Å². The van der Waals surface area contributed by atoms with Crippen LogP contribution >= 0.6 is 0 Å². The molecule has 0 aliphatic carbocycles. The van der Waals surface area contributed by atoms with Crippen LogP contribution in [0.1, 0.15) is 49.5 Å². The third kappa shape index (κ3) is 3.85. The fourth-order valence-electron chi connectivity index (χ4n) is 2.55. The molecule has 1 saturated heterocycles. The number of rotatable bonds is 6. The van der Waals surface area contributed by atoms with Crippen LogP contribution in [0.2, 0.25) is 0 Å². The molecule has 7 nitrogen and oxygen atoms in total. The average Bonchev–Trinajstić information content (AvgIpc) is 3.24. The topological polar surface area (TPSA) is 77.2 Å². The van der Waals surface area contributed by atoms with E-state index in [0.717, 1.165) is 49.9 Å². The zero-order chi connectivity index (χ0) is 16.2. The summed E-state index contributed by atoms with van der Waals surface area (Å²) in [5, 5.41) is 4.02. The Bertz CT molecular complexity index is 637. The van der Waals surface area contributed by atoms with E-state index in [0.29, 0.717) is 11.8 Å². The molecule has 1 aliphatic heterocycles. The second-order valence-electron chi connectivity index (χ2n) is 6.24. The van der Waals surface area contributed by atoms with Gasteiger partial charge in [0.05, 0.1) is 12.3 Å². The summed E-state index contributed by atoms with van der Waals surface area (Å²) < 4.78 is 10.7. The summed E-state index contributed by atoms with van der Waals surface area (Å²) in [6.07, 6.45) is 3.38. The molecule has 7 heteroatoms. The highest BCUT2D eigenvalue weighted by atomic mass is 16.5. The van der Waals surface area contributed by atoms with Crippen molar-refractivity contribution in [2.45, 2.75) is 38.5 Å². The third-order valence-corrected chi connectivity index (χ3v) is 4.06. The largest absolute Gasteiger partial charge is 0.381 e. The monoisotopic (exact) mass is 317 g/mol. The van der Waals surface area contributed by atoms with Gasteiger partial charge in [-0.25, -0.2) is 9.97 Å². The molecule has 2 aromatic rings. The highest BCUT2D eigenvalue weighted by Gasteiger charge is 2.20. The Morgan fingerprint density at radius 1 is 1.35 bits per heavy atom. The molecule has 0 saturated carbocycles. The van der Waals surface area contributed by atoms with E-state index in [1.54, 1.807) is 6.33 Å². The molecule has 1 fully saturated rings. The fraction of sp³-hybridized carbons (Fsp3) is 0.625. The van der Waals surface area contributed by atoms with E-state index >= 15 is 0 Å². The Morgan fingerprint density at radius 2 is 2.22 bits per heavy atom. The molecule has 124 valence electrons. The molecule has 1 aliphatic rings. The quantitative estimate of drug-likeness (QED) is 0.808. The van der Waals surface area contributed by atoms with Crippen molar-refractivity contribution < 1.29 is 9.26 Å². The molecule has 3 heterocycles. The molecule has 0 N–H and O–H groups in total. The lowest BCUT2D eigenvalue weighted by atomic mass is 10.0. The maximum absolute atomic E-state index is 5.44. The lowest BCUT2D eigenvalue weighted by Gasteiger charge is -2.18. The number of hydrogen-bond acceptors (Lipinski definition) is 7. The van der Waals surface area contributed by atoms with Gasteiger partial charge < -0.3 is 14.2 Å². The maximum atomic E-state index is 5.44. The number of ether oxygens (including phenoxy) is 1. The summed E-state index contributed by atoms with van der Waals surface area (Å²) in [7, 11) is 2.01. The normalized spacial score (nSPS) is 17.8. The van der Waals surface area contributed by atoms with Gasteiger partial charge in [0.1, 0.15) is 12.1 Å². The van der Waals surface area contributed by atoms with Gasteiger partial charge in [-0.2, -0.15) is 4.98 Å². The van der Waals surface area contributed by atoms with Crippen molar-refractivity contribution in [1.82, 2.24) is 20.1 Å². The van der Waals surface area contributed by atoms with Crippen molar-refractivity contribution in [2.75, 3.05) is 31.7 Å². The molecule has 3 rings (SSSR count). The van der Waals surface area contributed by atoms with E-state index < -0.39 is 0 Å². The van der Waals surface area contributed by atoms with Crippen LogP contribution < -0.4 is 4.90 Å². The first-order valence-electron chi connectivity index (χ1n) is 8.06. The minimum atomic E-state index is 0.257. The van der Waals surface area contributed by atoms with E-state index in [1.165, 1.54) is 0 Å². The van der Waals surface area contributed by atoms with Crippen molar-refractivity contribution in [2.24, 2.45) is 0 Å². The maximum Gasteiger partial charge on any atom is 0.229 e. The molecule has 23 heavy (non-hydrogen) atoms. The number of anilines is 1. The standard InChI is InChI=1S/C16H23N5O2/c1-11(2)16-19-14(20-23-16)4-6-21(3)15-8-13(17-10-18-15)12-5-7-22-9-12/h8,10-12H,4-7,9H2,1-3H3/t12-/m1/s1. The molecule has 0 amide bonds. The van der Waals surface area contributed by atoms with Crippen LogP contribution in [-0.4, -0.2) is 46.9 Å². The Hall–Kier alpha value is -2.02. The van der Waals surface area contributed by atoms with Gasteiger partial charge in [-0.05, 0) is 6.42 Å². The summed E-state index contributed by atoms with van der Waals surface area (Å²) in [4.78, 5) is 15.2. The summed E-state index contributed by atoms with van der Waals surface area (Å²) in [6.45, 7) is 6.42. The first kappa shape index (κ1) is 15.9. The number of nitrogens with zero attached hydrogens (tertiary/aromatic N) is 5. The van der Waals surface area contributed by atoms with Crippen molar-refractivity contribution in [3.05, 3.63) is 29.8 Å². The van der Waals surface area contributed by atoms with Crippen molar-refractivity contribution in [1.29, 1.82) is 0 Å². The third-order valence-electron chi connectivity index (χ3n) is 4.06. The molecule has 0 bridgehead atoms. The smallest absolute Gasteiger partial charge is 0.229 e. The molecule has 2 aromatic heterocycles. The van der Waals surface area contributed by atoms with Crippen LogP contribution in [0.5, 0.6) is 0 Å². The molecular weight excluding hydrogens is 294 g/mol. The molecule has 0 aromatic carbocycles. The van der Waals surface area contributed by atoms with E-state index in [4.69, 9.17) is 9.26 Å². The fourth-order valence-corrected chi connectivity index (χ4v) is 2.55. The van der Waals surface area contributed by atoms with E-state index in [-0.39, 0.29) is 5.92 Å². The summed E-state index contributed by atoms with van der Waals surface area (Å²) in [5.74, 6) is 2.98. The van der Waals surface area contributed by atoms with Gasteiger partial charge in [0.15, 0.2) is 5.82 Å². The number of hydrogen-bond donors (Lipinski definition) is 0. The SMILES string of the molecule is CC(C)c1nc(CCN(C)c2cc([C@@H]3CCOC3)ncn2)no1. The first-order valence-corrected chi connectivity index (χ1v) is 8.06. The van der Waals surface area contributed by atoms with Gasteiger partial charge in [0, 0.05) is 44.5 Å². The Morgan fingerprint density at radius 3 is 2.91 bits per heavy atom.